The van der Waals surface area contributed by atoms with Crippen LogP contribution in [0.25, 0.3) is 0 Å². The summed E-state index contributed by atoms with van der Waals surface area (Å²) in [4.78, 5) is 24.5. The molecular weight excluding hydrogens is 234 g/mol. The van der Waals surface area contributed by atoms with Crippen LogP contribution in [-0.2, 0) is 9.59 Å². The SMILES string of the molecule is CCC(CC)C(=O)N(CC(C)O)CC(C)C(=O)O. The largest absolute Gasteiger partial charge is 0.481 e. The predicted octanol–water partition coefficient (Wildman–Crippen LogP) is 1.35. The number of carboxylic acids is 1. The van der Waals surface area contributed by atoms with Crippen molar-refractivity contribution >= 4 is 11.9 Å². The number of amides is 1. The van der Waals surface area contributed by atoms with Crippen LogP contribution in [0.3, 0.4) is 0 Å². The lowest BCUT2D eigenvalue weighted by molar-refractivity contribution is -0.144. The van der Waals surface area contributed by atoms with E-state index in [1.54, 1.807) is 13.8 Å². The molecule has 2 atom stereocenters. The van der Waals surface area contributed by atoms with Gasteiger partial charge in [-0.25, -0.2) is 0 Å². The Morgan fingerprint density at radius 2 is 1.61 bits per heavy atom. The van der Waals surface area contributed by atoms with Crippen molar-refractivity contribution in [3.05, 3.63) is 0 Å². The molecule has 0 bridgehead atoms. The van der Waals surface area contributed by atoms with Gasteiger partial charge in [0.25, 0.3) is 0 Å². The van der Waals surface area contributed by atoms with E-state index in [-0.39, 0.29) is 24.9 Å². The molecule has 0 saturated heterocycles. The van der Waals surface area contributed by atoms with Gasteiger partial charge in [-0.15, -0.1) is 0 Å². The normalized spacial score (nSPS) is 14.3. The van der Waals surface area contributed by atoms with Gasteiger partial charge in [-0.1, -0.05) is 20.8 Å². The van der Waals surface area contributed by atoms with Crippen molar-refractivity contribution in [2.24, 2.45) is 11.8 Å². The first kappa shape index (κ1) is 16.9. The molecule has 5 heteroatoms. The maximum absolute atomic E-state index is 12.2. The second-order valence-corrected chi connectivity index (χ2v) is 4.84. The molecule has 0 aromatic carbocycles. The maximum atomic E-state index is 12.2. The van der Waals surface area contributed by atoms with Crippen LogP contribution in [0.15, 0.2) is 0 Å². The van der Waals surface area contributed by atoms with Crippen molar-refractivity contribution in [3.63, 3.8) is 0 Å². The molecule has 0 fully saturated rings. The summed E-state index contributed by atoms with van der Waals surface area (Å²) < 4.78 is 0. The molecule has 106 valence electrons. The van der Waals surface area contributed by atoms with Crippen LogP contribution in [0.2, 0.25) is 0 Å². The fourth-order valence-electron chi connectivity index (χ4n) is 1.88. The third-order valence-electron chi connectivity index (χ3n) is 3.05. The highest BCUT2D eigenvalue weighted by atomic mass is 16.4. The summed E-state index contributed by atoms with van der Waals surface area (Å²) >= 11 is 0. The Morgan fingerprint density at radius 3 is 1.94 bits per heavy atom. The highest BCUT2D eigenvalue weighted by Gasteiger charge is 2.25. The number of aliphatic hydroxyl groups is 1. The summed E-state index contributed by atoms with van der Waals surface area (Å²) in [5.74, 6) is -1.70. The summed E-state index contributed by atoms with van der Waals surface area (Å²) in [6.07, 6.45) is 0.810. The van der Waals surface area contributed by atoms with Gasteiger partial charge in [0.2, 0.25) is 5.91 Å². The highest BCUT2D eigenvalue weighted by Crippen LogP contribution is 2.14. The van der Waals surface area contributed by atoms with Crippen LogP contribution in [0.4, 0.5) is 0 Å². The lowest BCUT2D eigenvalue weighted by Crippen LogP contribution is -2.43. The molecule has 0 aromatic rings. The number of aliphatic carboxylic acids is 1. The molecule has 0 radical (unpaired) electrons. The Kier molecular flexibility index (Phi) is 7.59. The Balaban J connectivity index is 4.76. The lowest BCUT2D eigenvalue weighted by atomic mass is 10.0. The predicted molar refractivity (Wildman–Crippen MR) is 69.1 cm³/mol. The molecule has 0 aliphatic carbocycles. The monoisotopic (exact) mass is 259 g/mol. The van der Waals surface area contributed by atoms with Crippen LogP contribution in [0.1, 0.15) is 40.5 Å². The highest BCUT2D eigenvalue weighted by molar-refractivity contribution is 5.79. The van der Waals surface area contributed by atoms with Gasteiger partial charge in [0.15, 0.2) is 0 Å². The third kappa shape index (κ3) is 5.49. The molecule has 2 unspecified atom stereocenters. The Hall–Kier alpha value is -1.10. The molecule has 0 heterocycles. The summed E-state index contributed by atoms with van der Waals surface area (Å²) in [6, 6.07) is 0. The summed E-state index contributed by atoms with van der Waals surface area (Å²) in [5, 5.41) is 18.3. The quantitative estimate of drug-likeness (QED) is 0.690. The first-order chi connectivity index (χ1) is 8.33. The topological polar surface area (TPSA) is 77.8 Å². The van der Waals surface area contributed by atoms with Gasteiger partial charge in [0.1, 0.15) is 0 Å². The molecule has 0 aliphatic heterocycles. The van der Waals surface area contributed by atoms with E-state index in [1.807, 2.05) is 13.8 Å². The number of aliphatic hydroxyl groups excluding tert-OH is 1. The molecule has 0 rings (SSSR count). The van der Waals surface area contributed by atoms with Crippen LogP contribution in [0, 0.1) is 11.8 Å². The van der Waals surface area contributed by atoms with E-state index in [9.17, 15) is 14.7 Å². The van der Waals surface area contributed by atoms with E-state index in [0.29, 0.717) is 0 Å². The van der Waals surface area contributed by atoms with Gasteiger partial charge in [-0.05, 0) is 19.8 Å². The van der Waals surface area contributed by atoms with Crippen LogP contribution >= 0.6 is 0 Å². The standard InChI is InChI=1S/C13H25NO4/c1-5-11(6-2)12(16)14(8-10(4)15)7-9(3)13(17)18/h9-11,15H,5-8H2,1-4H3,(H,17,18). The van der Waals surface area contributed by atoms with Crippen molar-refractivity contribution in [2.45, 2.75) is 46.6 Å². The van der Waals surface area contributed by atoms with Crippen LogP contribution < -0.4 is 0 Å². The van der Waals surface area contributed by atoms with Crippen molar-refractivity contribution in [1.82, 2.24) is 4.90 Å². The van der Waals surface area contributed by atoms with Crippen LogP contribution in [0.5, 0.6) is 0 Å². The van der Waals surface area contributed by atoms with Crippen molar-refractivity contribution in [3.8, 4) is 0 Å². The lowest BCUT2D eigenvalue weighted by Gasteiger charge is -2.29. The van der Waals surface area contributed by atoms with Gasteiger partial charge in [-0.2, -0.15) is 0 Å². The van der Waals surface area contributed by atoms with E-state index in [1.165, 1.54) is 4.90 Å². The zero-order valence-corrected chi connectivity index (χ0v) is 11.7. The van der Waals surface area contributed by atoms with Gasteiger partial charge < -0.3 is 15.1 Å². The average molecular weight is 259 g/mol. The average Bonchev–Trinajstić information content (AvgIpc) is 2.28. The number of carboxylic acid groups (broad SMARTS) is 1. The second kappa shape index (κ2) is 8.08. The number of nitrogens with zero attached hydrogens (tertiary/aromatic N) is 1. The van der Waals surface area contributed by atoms with Crippen molar-refractivity contribution in [2.75, 3.05) is 13.1 Å². The van der Waals surface area contributed by atoms with E-state index in [0.717, 1.165) is 12.8 Å². The fraction of sp³-hybridized carbons (Fsp3) is 0.846. The Morgan fingerprint density at radius 1 is 1.11 bits per heavy atom. The first-order valence-corrected chi connectivity index (χ1v) is 6.53. The minimum Gasteiger partial charge on any atom is -0.481 e. The number of rotatable bonds is 8. The number of carbonyl (C=O) groups excluding carboxylic acids is 1. The fourth-order valence-corrected chi connectivity index (χ4v) is 1.88. The molecule has 1 amide bonds. The van der Waals surface area contributed by atoms with Gasteiger partial charge in [0.05, 0.1) is 12.0 Å². The number of carbonyl (C=O) groups is 2. The maximum Gasteiger partial charge on any atom is 0.308 e. The smallest absolute Gasteiger partial charge is 0.308 e. The Bertz CT molecular complexity index is 274. The molecular formula is C13H25NO4. The van der Waals surface area contributed by atoms with Gasteiger partial charge >= 0.3 is 5.97 Å². The molecule has 0 spiro atoms. The molecule has 0 aromatic heterocycles. The van der Waals surface area contributed by atoms with Gasteiger partial charge in [-0.3, -0.25) is 9.59 Å². The first-order valence-electron chi connectivity index (χ1n) is 6.53. The van der Waals surface area contributed by atoms with Crippen molar-refractivity contribution < 1.29 is 19.8 Å². The molecule has 5 nitrogen and oxygen atoms in total. The molecule has 2 N–H and O–H groups in total. The zero-order valence-electron chi connectivity index (χ0n) is 11.7. The summed E-state index contributed by atoms with van der Waals surface area (Å²) in [6.45, 7) is 7.37. The summed E-state index contributed by atoms with van der Waals surface area (Å²) in [7, 11) is 0. The third-order valence-corrected chi connectivity index (χ3v) is 3.05. The number of hydrogen-bond acceptors (Lipinski definition) is 3. The van der Waals surface area contributed by atoms with E-state index in [2.05, 4.69) is 0 Å². The van der Waals surface area contributed by atoms with E-state index < -0.39 is 18.0 Å². The van der Waals surface area contributed by atoms with Crippen LogP contribution in [-0.4, -0.2) is 46.2 Å². The van der Waals surface area contributed by atoms with E-state index >= 15 is 0 Å². The zero-order chi connectivity index (χ0) is 14.3. The molecule has 18 heavy (non-hydrogen) atoms. The van der Waals surface area contributed by atoms with E-state index in [4.69, 9.17) is 5.11 Å². The minimum atomic E-state index is -0.928. The Labute approximate surface area is 109 Å². The number of hydrogen-bond donors (Lipinski definition) is 2. The van der Waals surface area contributed by atoms with Crippen molar-refractivity contribution in [1.29, 1.82) is 0 Å². The second-order valence-electron chi connectivity index (χ2n) is 4.84. The minimum absolute atomic E-state index is 0.0611. The molecule has 0 saturated carbocycles. The molecule has 0 aliphatic rings. The van der Waals surface area contributed by atoms with Gasteiger partial charge in [0, 0.05) is 19.0 Å². The summed E-state index contributed by atoms with van der Waals surface area (Å²) in [5.41, 5.74) is 0.